The van der Waals surface area contributed by atoms with Crippen LogP contribution >= 0.6 is 15.9 Å². The topological polar surface area (TPSA) is 12.0 Å². The van der Waals surface area contributed by atoms with Gasteiger partial charge in [-0.3, -0.25) is 0 Å². The van der Waals surface area contributed by atoms with Gasteiger partial charge >= 0.3 is 0 Å². The van der Waals surface area contributed by atoms with E-state index in [9.17, 15) is 0 Å². The summed E-state index contributed by atoms with van der Waals surface area (Å²) in [6.07, 6.45) is 10.9. The van der Waals surface area contributed by atoms with E-state index in [2.05, 4.69) is 60.3 Å². The molecular weight excluding hydrogens is 310 g/mol. The fourth-order valence-electron chi connectivity index (χ4n) is 2.67. The molecule has 1 aromatic rings. The molecule has 114 valence electrons. The molecular formula is C18H30BrN. The molecule has 1 nitrogen and oxygen atoms in total. The lowest BCUT2D eigenvalue weighted by Crippen LogP contribution is -2.16. The van der Waals surface area contributed by atoms with Crippen molar-refractivity contribution in [3.05, 3.63) is 33.8 Å². The van der Waals surface area contributed by atoms with Crippen molar-refractivity contribution >= 4 is 15.9 Å². The van der Waals surface area contributed by atoms with Crippen molar-refractivity contribution in [1.29, 1.82) is 0 Å². The molecule has 1 rings (SSSR count). The van der Waals surface area contributed by atoms with E-state index in [1.165, 1.54) is 67.0 Å². The molecule has 0 saturated heterocycles. The van der Waals surface area contributed by atoms with E-state index >= 15 is 0 Å². The molecule has 1 aromatic carbocycles. The van der Waals surface area contributed by atoms with Gasteiger partial charge in [0, 0.05) is 10.5 Å². The number of hydrogen-bond acceptors (Lipinski definition) is 1. The lowest BCUT2D eigenvalue weighted by Gasteiger charge is -2.17. The number of nitrogens with one attached hydrogen (secondary N) is 1. The summed E-state index contributed by atoms with van der Waals surface area (Å²) in [5.41, 5.74) is 2.74. The number of benzene rings is 1. The zero-order valence-corrected chi connectivity index (χ0v) is 14.9. The van der Waals surface area contributed by atoms with Crippen LogP contribution in [-0.4, -0.2) is 7.05 Å². The maximum Gasteiger partial charge on any atom is 0.0317 e. The van der Waals surface area contributed by atoms with Crippen molar-refractivity contribution in [2.24, 2.45) is 0 Å². The second kappa shape index (κ2) is 10.4. The summed E-state index contributed by atoms with van der Waals surface area (Å²) in [7, 11) is 2.07. The van der Waals surface area contributed by atoms with Gasteiger partial charge in [-0.15, -0.1) is 0 Å². The number of hydrogen-bond donors (Lipinski definition) is 1. The molecule has 0 bridgehead atoms. The summed E-state index contributed by atoms with van der Waals surface area (Å²) >= 11 is 3.57. The predicted octanol–water partition coefficient (Wildman–Crippen LogP) is 6.16. The predicted molar refractivity (Wildman–Crippen MR) is 93.3 cm³/mol. The van der Waals surface area contributed by atoms with Crippen LogP contribution in [0.1, 0.15) is 75.5 Å². The van der Waals surface area contributed by atoms with Crippen LogP contribution < -0.4 is 5.32 Å². The summed E-state index contributed by atoms with van der Waals surface area (Å²) in [6, 6.07) is 7.20. The lowest BCUT2D eigenvalue weighted by atomic mass is 9.98. The van der Waals surface area contributed by atoms with Crippen LogP contribution in [0.15, 0.2) is 22.7 Å². The summed E-state index contributed by atoms with van der Waals surface area (Å²) in [5, 5.41) is 3.46. The highest BCUT2D eigenvalue weighted by molar-refractivity contribution is 9.10. The largest absolute Gasteiger partial charge is 0.313 e. The van der Waals surface area contributed by atoms with E-state index < -0.39 is 0 Å². The summed E-state index contributed by atoms with van der Waals surface area (Å²) < 4.78 is 1.20. The maximum absolute atomic E-state index is 3.57. The van der Waals surface area contributed by atoms with Gasteiger partial charge in [0.25, 0.3) is 0 Å². The van der Waals surface area contributed by atoms with Gasteiger partial charge in [0.05, 0.1) is 0 Å². The Kier molecular flexibility index (Phi) is 9.21. The maximum atomic E-state index is 3.57. The number of rotatable bonds is 10. The number of halogens is 1. The second-order valence-electron chi connectivity index (χ2n) is 5.76. The molecule has 0 aliphatic carbocycles. The first kappa shape index (κ1) is 17.7. The fourth-order valence-corrected chi connectivity index (χ4v) is 2.91. The molecule has 0 radical (unpaired) electrons. The Bertz CT molecular complexity index is 376. The summed E-state index contributed by atoms with van der Waals surface area (Å²) in [4.78, 5) is 0. The minimum absolute atomic E-state index is 0.498. The molecule has 0 heterocycles. The minimum atomic E-state index is 0.498. The first-order valence-electron chi connectivity index (χ1n) is 8.12. The van der Waals surface area contributed by atoms with Crippen LogP contribution in [0.4, 0.5) is 0 Å². The third kappa shape index (κ3) is 6.41. The monoisotopic (exact) mass is 339 g/mol. The van der Waals surface area contributed by atoms with E-state index in [1.54, 1.807) is 0 Å². The van der Waals surface area contributed by atoms with Crippen LogP contribution in [0.2, 0.25) is 0 Å². The van der Waals surface area contributed by atoms with Gasteiger partial charge in [-0.25, -0.2) is 0 Å². The lowest BCUT2D eigenvalue weighted by molar-refractivity contribution is 0.495. The second-order valence-corrected chi connectivity index (χ2v) is 6.61. The van der Waals surface area contributed by atoms with Gasteiger partial charge < -0.3 is 5.32 Å². The SMILES string of the molecule is CCCCCCCCCC(NC)c1ccc(Br)c(C)c1. The summed E-state index contributed by atoms with van der Waals surface area (Å²) in [6.45, 7) is 4.44. The van der Waals surface area contributed by atoms with Crippen molar-refractivity contribution in [2.45, 2.75) is 71.3 Å². The zero-order chi connectivity index (χ0) is 14.8. The Morgan fingerprint density at radius 3 is 2.30 bits per heavy atom. The first-order valence-corrected chi connectivity index (χ1v) is 8.91. The molecule has 0 spiro atoms. The van der Waals surface area contributed by atoms with Crippen molar-refractivity contribution in [3.8, 4) is 0 Å². The van der Waals surface area contributed by atoms with Gasteiger partial charge in [0.1, 0.15) is 0 Å². The highest BCUT2D eigenvalue weighted by Gasteiger charge is 2.09. The highest BCUT2D eigenvalue weighted by Crippen LogP contribution is 2.24. The van der Waals surface area contributed by atoms with Crippen LogP contribution in [0.25, 0.3) is 0 Å². The van der Waals surface area contributed by atoms with Crippen molar-refractivity contribution in [2.75, 3.05) is 7.05 Å². The van der Waals surface area contributed by atoms with E-state index in [0.29, 0.717) is 6.04 Å². The molecule has 1 unspecified atom stereocenters. The molecule has 0 fully saturated rings. The smallest absolute Gasteiger partial charge is 0.0317 e. The van der Waals surface area contributed by atoms with Crippen LogP contribution in [0.3, 0.4) is 0 Å². The van der Waals surface area contributed by atoms with Gasteiger partial charge in [-0.2, -0.15) is 0 Å². The zero-order valence-electron chi connectivity index (χ0n) is 13.3. The minimum Gasteiger partial charge on any atom is -0.313 e. The Balaban J connectivity index is 2.30. The molecule has 1 atom stereocenters. The van der Waals surface area contributed by atoms with Crippen LogP contribution in [-0.2, 0) is 0 Å². The van der Waals surface area contributed by atoms with E-state index in [0.717, 1.165) is 0 Å². The summed E-state index contributed by atoms with van der Waals surface area (Å²) in [5.74, 6) is 0. The third-order valence-electron chi connectivity index (χ3n) is 4.03. The molecule has 20 heavy (non-hydrogen) atoms. The van der Waals surface area contributed by atoms with Crippen molar-refractivity contribution < 1.29 is 0 Å². The Labute approximate surface area is 133 Å². The molecule has 0 amide bonds. The van der Waals surface area contributed by atoms with Crippen molar-refractivity contribution in [1.82, 2.24) is 5.32 Å². The fraction of sp³-hybridized carbons (Fsp3) is 0.667. The van der Waals surface area contributed by atoms with E-state index in [-0.39, 0.29) is 0 Å². The Morgan fingerprint density at radius 2 is 1.70 bits per heavy atom. The van der Waals surface area contributed by atoms with Gasteiger partial charge in [-0.1, -0.05) is 79.9 Å². The van der Waals surface area contributed by atoms with Crippen LogP contribution in [0, 0.1) is 6.92 Å². The molecule has 0 aliphatic rings. The molecule has 0 aromatic heterocycles. The highest BCUT2D eigenvalue weighted by atomic mass is 79.9. The normalized spacial score (nSPS) is 12.6. The number of unbranched alkanes of at least 4 members (excludes halogenated alkanes) is 6. The number of aryl methyl sites for hydroxylation is 1. The van der Waals surface area contributed by atoms with Gasteiger partial charge in [-0.05, 0) is 37.6 Å². The van der Waals surface area contributed by atoms with E-state index in [4.69, 9.17) is 0 Å². The van der Waals surface area contributed by atoms with E-state index in [1.807, 2.05) is 0 Å². The molecule has 1 N–H and O–H groups in total. The molecule has 2 heteroatoms. The molecule has 0 aliphatic heterocycles. The molecule has 0 saturated carbocycles. The van der Waals surface area contributed by atoms with Gasteiger partial charge in [0.15, 0.2) is 0 Å². The van der Waals surface area contributed by atoms with Gasteiger partial charge in [0.2, 0.25) is 0 Å². The average Bonchev–Trinajstić information content (AvgIpc) is 2.45. The van der Waals surface area contributed by atoms with Crippen molar-refractivity contribution in [3.63, 3.8) is 0 Å². The third-order valence-corrected chi connectivity index (χ3v) is 4.92. The Hall–Kier alpha value is -0.340. The average molecular weight is 340 g/mol. The quantitative estimate of drug-likeness (QED) is 0.503. The van der Waals surface area contributed by atoms with Crippen LogP contribution in [0.5, 0.6) is 0 Å². The Morgan fingerprint density at radius 1 is 1.05 bits per heavy atom. The standard InChI is InChI=1S/C18H30BrN/c1-4-5-6-7-8-9-10-11-18(20-3)16-12-13-17(19)15(2)14-16/h12-14,18,20H,4-11H2,1-3H3. The first-order chi connectivity index (χ1) is 9.69.